The Morgan fingerprint density at radius 3 is 3.00 bits per heavy atom. The molecule has 1 saturated carbocycles. The smallest absolute Gasteiger partial charge is 0.338 e. The molecule has 1 aliphatic carbocycles. The Bertz CT molecular complexity index is 1280. The van der Waals surface area contributed by atoms with Crippen LogP contribution in [0.1, 0.15) is 41.1 Å². The minimum absolute atomic E-state index is 0.0537. The maximum Gasteiger partial charge on any atom is 0.350 e. The van der Waals surface area contributed by atoms with Crippen LogP contribution in [0.25, 0.3) is 5.65 Å². The summed E-state index contributed by atoms with van der Waals surface area (Å²) in [4.78, 5) is 33.9. The molecule has 0 aromatic carbocycles. The Kier molecular flexibility index (Phi) is 4.34. The fourth-order valence-electron chi connectivity index (χ4n) is 5.26. The molecule has 1 saturated heterocycles. The van der Waals surface area contributed by atoms with Crippen LogP contribution in [0.5, 0.6) is 0 Å². The first-order valence-electron chi connectivity index (χ1n) is 11.2. The number of aryl methyl sites for hydroxylation is 1. The van der Waals surface area contributed by atoms with Crippen LogP contribution in [0.4, 0.5) is 15.9 Å². The third-order valence-corrected chi connectivity index (χ3v) is 7.13. The van der Waals surface area contributed by atoms with E-state index in [-0.39, 0.29) is 24.2 Å². The van der Waals surface area contributed by atoms with E-state index in [1.54, 1.807) is 24.3 Å². The van der Waals surface area contributed by atoms with Crippen LogP contribution >= 0.6 is 0 Å². The first kappa shape index (κ1) is 19.5. The first-order chi connectivity index (χ1) is 15.5. The summed E-state index contributed by atoms with van der Waals surface area (Å²) in [6.07, 6.45) is 6.17. The molecule has 3 atom stereocenters. The Balaban J connectivity index is 1.34. The van der Waals surface area contributed by atoms with Crippen molar-refractivity contribution < 1.29 is 9.18 Å². The molecule has 9 heteroatoms. The minimum Gasteiger partial charge on any atom is -0.338 e. The van der Waals surface area contributed by atoms with Crippen LogP contribution in [0.3, 0.4) is 0 Å². The maximum absolute atomic E-state index is 13.1. The SMILES string of the molecule is Cn1nc2cc(N3CC4CC4c4cc(C(=O)N5CCC[C@@H](CF)C5)cnc43)ccn2c1=O. The number of nitrogens with zero attached hydrogens (tertiary/aromatic N) is 6. The number of carbonyl (C=O) groups excluding carboxylic acids is 1. The van der Waals surface area contributed by atoms with Crippen molar-refractivity contribution in [2.24, 2.45) is 18.9 Å². The lowest BCUT2D eigenvalue weighted by Crippen LogP contribution is -2.40. The van der Waals surface area contributed by atoms with Gasteiger partial charge >= 0.3 is 5.69 Å². The second-order valence-electron chi connectivity index (χ2n) is 9.28. The number of halogens is 1. The molecule has 2 fully saturated rings. The van der Waals surface area contributed by atoms with Gasteiger partial charge in [-0.15, -0.1) is 0 Å². The van der Waals surface area contributed by atoms with Crippen LogP contribution in [0.15, 0.2) is 35.4 Å². The van der Waals surface area contributed by atoms with Crippen molar-refractivity contribution in [2.45, 2.75) is 25.2 Å². The van der Waals surface area contributed by atoms with Crippen molar-refractivity contribution in [3.05, 3.63) is 52.2 Å². The van der Waals surface area contributed by atoms with Gasteiger partial charge in [0.1, 0.15) is 5.82 Å². The van der Waals surface area contributed by atoms with Crippen molar-refractivity contribution in [3.63, 3.8) is 0 Å². The molecular weight excluding hydrogens is 411 g/mol. The van der Waals surface area contributed by atoms with Crippen LogP contribution < -0.4 is 10.6 Å². The van der Waals surface area contributed by atoms with Gasteiger partial charge in [-0.2, -0.15) is 5.10 Å². The van der Waals surface area contributed by atoms with Crippen molar-refractivity contribution >= 4 is 23.1 Å². The van der Waals surface area contributed by atoms with E-state index in [0.717, 1.165) is 42.9 Å². The largest absolute Gasteiger partial charge is 0.350 e. The van der Waals surface area contributed by atoms with E-state index < -0.39 is 0 Å². The second-order valence-corrected chi connectivity index (χ2v) is 9.28. The van der Waals surface area contributed by atoms with E-state index in [4.69, 9.17) is 4.98 Å². The third kappa shape index (κ3) is 3.02. The molecule has 3 aromatic rings. The second kappa shape index (κ2) is 7.15. The lowest BCUT2D eigenvalue weighted by atomic mass is 9.98. The van der Waals surface area contributed by atoms with Crippen molar-refractivity contribution in [3.8, 4) is 0 Å². The molecule has 8 nitrogen and oxygen atoms in total. The van der Waals surface area contributed by atoms with Gasteiger partial charge in [-0.05, 0) is 48.8 Å². The van der Waals surface area contributed by atoms with Gasteiger partial charge in [0, 0.05) is 56.7 Å². The lowest BCUT2D eigenvalue weighted by Gasteiger charge is -2.32. The number of rotatable bonds is 3. The van der Waals surface area contributed by atoms with Gasteiger partial charge in [0.2, 0.25) is 0 Å². The van der Waals surface area contributed by atoms with Crippen molar-refractivity contribution in [2.75, 3.05) is 31.2 Å². The number of alkyl halides is 1. The number of amides is 1. The molecule has 32 heavy (non-hydrogen) atoms. The van der Waals surface area contributed by atoms with Crippen LogP contribution in [-0.4, -0.2) is 56.3 Å². The zero-order valence-electron chi connectivity index (χ0n) is 17.9. The van der Waals surface area contributed by atoms with Gasteiger partial charge in [-0.3, -0.25) is 13.6 Å². The minimum atomic E-state index is -0.377. The summed E-state index contributed by atoms with van der Waals surface area (Å²) >= 11 is 0. The highest BCUT2D eigenvalue weighted by molar-refractivity contribution is 5.94. The number of likely N-dealkylation sites (tertiary alicyclic amines) is 1. The molecule has 1 amide bonds. The first-order valence-corrected chi connectivity index (χ1v) is 11.2. The average molecular weight is 436 g/mol. The van der Waals surface area contributed by atoms with Gasteiger partial charge in [0.15, 0.2) is 5.65 Å². The number of carbonyl (C=O) groups is 1. The van der Waals surface area contributed by atoms with E-state index in [1.165, 1.54) is 9.08 Å². The summed E-state index contributed by atoms with van der Waals surface area (Å²) in [7, 11) is 1.64. The Morgan fingerprint density at radius 1 is 1.28 bits per heavy atom. The molecule has 166 valence electrons. The highest BCUT2D eigenvalue weighted by atomic mass is 19.1. The topological polar surface area (TPSA) is 75.7 Å². The van der Waals surface area contributed by atoms with Gasteiger partial charge in [0.25, 0.3) is 5.91 Å². The third-order valence-electron chi connectivity index (χ3n) is 7.13. The van der Waals surface area contributed by atoms with Crippen LogP contribution in [-0.2, 0) is 7.05 Å². The molecular formula is C23H25FN6O2. The molecule has 0 bridgehead atoms. The van der Waals surface area contributed by atoms with E-state index in [2.05, 4.69) is 10.00 Å². The summed E-state index contributed by atoms with van der Waals surface area (Å²) in [5.74, 6) is 1.71. The van der Waals surface area contributed by atoms with E-state index >= 15 is 0 Å². The lowest BCUT2D eigenvalue weighted by molar-refractivity contribution is 0.0656. The van der Waals surface area contributed by atoms with E-state index in [1.807, 2.05) is 18.2 Å². The molecule has 0 radical (unpaired) electrons. The fraction of sp³-hybridized carbons (Fsp3) is 0.478. The van der Waals surface area contributed by atoms with Crippen molar-refractivity contribution in [1.29, 1.82) is 0 Å². The van der Waals surface area contributed by atoms with E-state index in [0.29, 0.717) is 36.1 Å². The average Bonchev–Trinajstić information content (AvgIpc) is 3.56. The number of pyridine rings is 2. The molecule has 0 spiro atoms. The predicted molar refractivity (Wildman–Crippen MR) is 117 cm³/mol. The van der Waals surface area contributed by atoms with Crippen LogP contribution in [0.2, 0.25) is 0 Å². The summed E-state index contributed by atoms with van der Waals surface area (Å²) < 4.78 is 16.0. The molecule has 3 aromatic heterocycles. The molecule has 3 aliphatic rings. The maximum atomic E-state index is 13.1. The summed E-state index contributed by atoms with van der Waals surface area (Å²) in [6, 6.07) is 5.80. The van der Waals surface area contributed by atoms with Gasteiger partial charge in [-0.1, -0.05) is 0 Å². The van der Waals surface area contributed by atoms with Gasteiger partial charge in [-0.25, -0.2) is 14.5 Å². The Morgan fingerprint density at radius 2 is 2.16 bits per heavy atom. The summed E-state index contributed by atoms with van der Waals surface area (Å²) in [6.45, 7) is 1.63. The predicted octanol–water partition coefficient (Wildman–Crippen LogP) is 2.50. The fourth-order valence-corrected chi connectivity index (χ4v) is 5.26. The number of piperidine rings is 1. The standard InChI is InChI=1S/C23H25FN6O2/c1-27-23(32)29-6-4-17(9-20(29)26-27)30-13-16-8-18(16)19-7-15(11-25-21(19)30)22(31)28-5-2-3-14(10-24)12-28/h4,6-7,9,11,14,16,18H,2-3,5,8,10,12-13H2,1H3/t14-,16?,18?/m0/s1. The van der Waals surface area contributed by atoms with Gasteiger partial charge in [0.05, 0.1) is 12.2 Å². The highest BCUT2D eigenvalue weighted by Gasteiger charge is 2.46. The van der Waals surface area contributed by atoms with E-state index in [9.17, 15) is 14.0 Å². The Labute approximate surface area is 184 Å². The van der Waals surface area contributed by atoms with Crippen LogP contribution in [0, 0.1) is 11.8 Å². The Hall–Kier alpha value is -3.23. The zero-order chi connectivity index (χ0) is 22.0. The number of hydrogen-bond donors (Lipinski definition) is 0. The summed E-state index contributed by atoms with van der Waals surface area (Å²) in [5.41, 5.74) is 3.03. The number of anilines is 2. The van der Waals surface area contributed by atoms with Crippen molar-refractivity contribution in [1.82, 2.24) is 24.1 Å². The normalized spacial score (nSPS) is 24.4. The molecule has 5 heterocycles. The summed E-state index contributed by atoms with van der Waals surface area (Å²) in [5, 5.41) is 4.30. The molecule has 2 unspecified atom stereocenters. The number of fused-ring (bicyclic) bond motifs is 4. The number of hydrogen-bond acceptors (Lipinski definition) is 5. The monoisotopic (exact) mass is 436 g/mol. The molecule has 0 N–H and O–H groups in total. The van der Waals surface area contributed by atoms with Gasteiger partial charge < -0.3 is 9.80 Å². The molecule has 2 aliphatic heterocycles. The zero-order valence-corrected chi connectivity index (χ0v) is 17.9. The number of aromatic nitrogens is 4. The highest BCUT2D eigenvalue weighted by Crippen LogP contribution is 2.55. The quantitative estimate of drug-likeness (QED) is 0.631. The molecule has 6 rings (SSSR count).